The van der Waals surface area contributed by atoms with Gasteiger partial charge in [-0.2, -0.15) is 0 Å². The van der Waals surface area contributed by atoms with Gasteiger partial charge in [-0.05, 0) is 12.8 Å². The maximum atomic E-state index is 11.9. The number of sulfone groups is 1. The van der Waals surface area contributed by atoms with Crippen molar-refractivity contribution >= 4 is 15.7 Å². The standard InChI is InChI=1S/C11H21NO4S/c1-17(15,16)9-11(14)12(7-8-13)10-5-3-2-4-6-10/h10,13H,2-9H2,1H3. The summed E-state index contributed by atoms with van der Waals surface area (Å²) in [6, 6.07) is 0.102. The van der Waals surface area contributed by atoms with Crippen molar-refractivity contribution in [3.63, 3.8) is 0 Å². The Balaban J connectivity index is 2.66. The van der Waals surface area contributed by atoms with Gasteiger partial charge in [-0.3, -0.25) is 4.79 Å². The number of hydrogen-bond acceptors (Lipinski definition) is 4. The average Bonchev–Trinajstić information content (AvgIpc) is 2.24. The van der Waals surface area contributed by atoms with Crippen LogP contribution in [-0.2, 0) is 14.6 Å². The fourth-order valence-corrected chi connectivity index (χ4v) is 2.93. The van der Waals surface area contributed by atoms with Crippen LogP contribution in [0.4, 0.5) is 0 Å². The number of aliphatic hydroxyl groups is 1. The molecule has 1 saturated carbocycles. The number of carbonyl (C=O) groups is 1. The van der Waals surface area contributed by atoms with E-state index in [9.17, 15) is 13.2 Å². The molecule has 100 valence electrons. The van der Waals surface area contributed by atoms with E-state index in [-0.39, 0.29) is 25.1 Å². The van der Waals surface area contributed by atoms with Crippen LogP contribution < -0.4 is 0 Å². The Hall–Kier alpha value is -0.620. The maximum Gasteiger partial charge on any atom is 0.238 e. The average molecular weight is 263 g/mol. The molecule has 0 atom stereocenters. The van der Waals surface area contributed by atoms with Crippen LogP contribution in [0, 0.1) is 0 Å². The van der Waals surface area contributed by atoms with Gasteiger partial charge < -0.3 is 10.0 Å². The van der Waals surface area contributed by atoms with Gasteiger partial charge in [0.2, 0.25) is 5.91 Å². The smallest absolute Gasteiger partial charge is 0.238 e. The van der Waals surface area contributed by atoms with Gasteiger partial charge in [0.25, 0.3) is 0 Å². The van der Waals surface area contributed by atoms with E-state index in [1.165, 1.54) is 6.42 Å². The van der Waals surface area contributed by atoms with Crippen LogP contribution in [0.3, 0.4) is 0 Å². The Bertz CT molecular complexity index is 346. The number of amides is 1. The van der Waals surface area contributed by atoms with Gasteiger partial charge in [-0.25, -0.2) is 8.42 Å². The molecule has 1 aliphatic rings. The SMILES string of the molecule is CS(=O)(=O)CC(=O)N(CCO)C1CCCCC1. The zero-order valence-corrected chi connectivity index (χ0v) is 11.1. The molecule has 0 saturated heterocycles. The van der Waals surface area contributed by atoms with Crippen LogP contribution in [0.2, 0.25) is 0 Å². The molecule has 0 heterocycles. The molecule has 5 nitrogen and oxygen atoms in total. The van der Waals surface area contributed by atoms with Crippen molar-refractivity contribution < 1.29 is 18.3 Å². The first-order valence-corrected chi connectivity index (χ1v) is 8.08. The lowest BCUT2D eigenvalue weighted by atomic mass is 9.94. The molecule has 0 aromatic heterocycles. The minimum Gasteiger partial charge on any atom is -0.395 e. The lowest BCUT2D eigenvalue weighted by Gasteiger charge is -2.33. The molecule has 17 heavy (non-hydrogen) atoms. The largest absolute Gasteiger partial charge is 0.395 e. The third-order valence-corrected chi connectivity index (χ3v) is 3.83. The van der Waals surface area contributed by atoms with Crippen LogP contribution in [0.1, 0.15) is 32.1 Å². The second-order valence-corrected chi connectivity index (χ2v) is 6.81. The summed E-state index contributed by atoms with van der Waals surface area (Å²) in [4.78, 5) is 13.4. The van der Waals surface area contributed by atoms with E-state index in [2.05, 4.69) is 0 Å². The zero-order chi connectivity index (χ0) is 12.9. The highest BCUT2D eigenvalue weighted by atomic mass is 32.2. The Morgan fingerprint density at radius 3 is 2.35 bits per heavy atom. The van der Waals surface area contributed by atoms with Crippen LogP contribution in [-0.4, -0.2) is 55.5 Å². The van der Waals surface area contributed by atoms with E-state index >= 15 is 0 Å². The summed E-state index contributed by atoms with van der Waals surface area (Å²) in [7, 11) is -3.30. The molecule has 0 radical (unpaired) electrons. The van der Waals surface area contributed by atoms with Crippen molar-refractivity contribution in [1.82, 2.24) is 4.90 Å². The van der Waals surface area contributed by atoms with E-state index in [1.54, 1.807) is 4.90 Å². The molecular formula is C11H21NO4S. The molecule has 0 spiro atoms. The second-order valence-electron chi connectivity index (χ2n) is 4.67. The number of hydrogen-bond donors (Lipinski definition) is 1. The second kappa shape index (κ2) is 6.35. The van der Waals surface area contributed by atoms with Gasteiger partial charge in [-0.15, -0.1) is 0 Å². The summed E-state index contributed by atoms with van der Waals surface area (Å²) in [5.74, 6) is -0.836. The fourth-order valence-electron chi connectivity index (χ4n) is 2.32. The molecule has 1 fully saturated rings. The first kappa shape index (κ1) is 14.4. The summed E-state index contributed by atoms with van der Waals surface area (Å²) in [5.41, 5.74) is 0. The van der Waals surface area contributed by atoms with Crippen molar-refractivity contribution in [2.45, 2.75) is 38.1 Å². The molecule has 1 amide bonds. The molecule has 6 heteroatoms. The van der Waals surface area contributed by atoms with Crippen molar-refractivity contribution in [2.24, 2.45) is 0 Å². The van der Waals surface area contributed by atoms with Crippen LogP contribution >= 0.6 is 0 Å². The zero-order valence-electron chi connectivity index (χ0n) is 10.3. The lowest BCUT2D eigenvalue weighted by Crippen LogP contribution is -2.45. The predicted molar refractivity (Wildman–Crippen MR) is 65.4 cm³/mol. The molecule has 1 aliphatic carbocycles. The fraction of sp³-hybridized carbons (Fsp3) is 0.909. The maximum absolute atomic E-state index is 11.9. The molecule has 0 bridgehead atoms. The summed E-state index contributed by atoms with van der Waals surface area (Å²) >= 11 is 0. The van der Waals surface area contributed by atoms with E-state index in [0.717, 1.165) is 31.9 Å². The minimum atomic E-state index is -3.30. The highest BCUT2D eigenvalue weighted by Gasteiger charge is 2.26. The molecule has 0 aromatic rings. The normalized spacial score (nSPS) is 18.0. The van der Waals surface area contributed by atoms with Gasteiger partial charge in [0.05, 0.1) is 6.61 Å². The highest BCUT2D eigenvalue weighted by Crippen LogP contribution is 2.22. The summed E-state index contributed by atoms with van der Waals surface area (Å²) in [6.45, 7) is 0.116. The van der Waals surface area contributed by atoms with E-state index < -0.39 is 15.6 Å². The summed E-state index contributed by atoms with van der Waals surface area (Å²) in [6.07, 6.45) is 6.19. The van der Waals surface area contributed by atoms with Crippen LogP contribution in [0.25, 0.3) is 0 Å². The monoisotopic (exact) mass is 263 g/mol. The summed E-state index contributed by atoms with van der Waals surface area (Å²) in [5, 5.41) is 8.97. The number of aliphatic hydroxyl groups excluding tert-OH is 1. The third kappa shape index (κ3) is 5.04. The van der Waals surface area contributed by atoms with Gasteiger partial charge in [0, 0.05) is 18.8 Å². The molecule has 0 aliphatic heterocycles. The molecule has 0 unspecified atom stereocenters. The number of rotatable bonds is 5. The van der Waals surface area contributed by atoms with Gasteiger partial charge in [-0.1, -0.05) is 19.3 Å². The van der Waals surface area contributed by atoms with Crippen molar-refractivity contribution in [3.8, 4) is 0 Å². The Kier molecular flexibility index (Phi) is 5.39. The summed E-state index contributed by atoms with van der Waals surface area (Å²) < 4.78 is 22.2. The quantitative estimate of drug-likeness (QED) is 0.768. The van der Waals surface area contributed by atoms with Gasteiger partial charge >= 0.3 is 0 Å². The number of carbonyl (C=O) groups excluding carboxylic acids is 1. The molecule has 1 N–H and O–H groups in total. The van der Waals surface area contributed by atoms with E-state index in [1.807, 2.05) is 0 Å². The Morgan fingerprint density at radius 2 is 1.88 bits per heavy atom. The first-order chi connectivity index (χ1) is 7.94. The van der Waals surface area contributed by atoms with Gasteiger partial charge in [0.15, 0.2) is 9.84 Å². The number of nitrogens with zero attached hydrogens (tertiary/aromatic N) is 1. The predicted octanol–water partition coefficient (Wildman–Crippen LogP) is 0.185. The molecule has 1 rings (SSSR count). The van der Waals surface area contributed by atoms with E-state index in [0.29, 0.717) is 0 Å². The van der Waals surface area contributed by atoms with Crippen molar-refractivity contribution in [3.05, 3.63) is 0 Å². The topological polar surface area (TPSA) is 74.7 Å². The minimum absolute atomic E-state index is 0.102. The van der Waals surface area contributed by atoms with Crippen molar-refractivity contribution in [2.75, 3.05) is 25.2 Å². The molecule has 0 aromatic carbocycles. The third-order valence-electron chi connectivity index (χ3n) is 3.06. The lowest BCUT2D eigenvalue weighted by molar-refractivity contribution is -0.132. The van der Waals surface area contributed by atoms with Crippen LogP contribution in [0.5, 0.6) is 0 Å². The van der Waals surface area contributed by atoms with Crippen LogP contribution in [0.15, 0.2) is 0 Å². The molecular weight excluding hydrogens is 242 g/mol. The van der Waals surface area contributed by atoms with Crippen molar-refractivity contribution in [1.29, 1.82) is 0 Å². The van der Waals surface area contributed by atoms with Gasteiger partial charge in [0.1, 0.15) is 5.75 Å². The Labute approximate surface area is 103 Å². The first-order valence-electron chi connectivity index (χ1n) is 6.02. The Morgan fingerprint density at radius 1 is 1.29 bits per heavy atom. The van der Waals surface area contributed by atoms with E-state index in [4.69, 9.17) is 5.11 Å². The highest BCUT2D eigenvalue weighted by molar-refractivity contribution is 7.91.